The lowest BCUT2D eigenvalue weighted by Crippen LogP contribution is -2.25. The molecule has 2 rings (SSSR count). The van der Waals surface area contributed by atoms with Crippen molar-refractivity contribution in [3.63, 3.8) is 0 Å². The molecule has 3 nitrogen and oxygen atoms in total. The molecule has 0 aliphatic rings. The number of phenols is 1. The molecule has 1 N–H and O–H groups in total. The van der Waals surface area contributed by atoms with Gasteiger partial charge in [-0.15, -0.1) is 0 Å². The van der Waals surface area contributed by atoms with Crippen LogP contribution in [0.4, 0.5) is 0 Å². The van der Waals surface area contributed by atoms with Crippen LogP contribution < -0.4 is 13.7 Å². The smallest absolute Gasteiger partial charge is 0.315 e. The zero-order chi connectivity index (χ0) is 11.7. The topological polar surface area (TPSA) is 46.3 Å². The van der Waals surface area contributed by atoms with Crippen molar-refractivity contribution < 1.29 is 10.2 Å². The van der Waals surface area contributed by atoms with Crippen LogP contribution in [-0.2, 0) is 0 Å². The molecule has 0 aliphatic carbocycles. The van der Waals surface area contributed by atoms with Crippen molar-refractivity contribution >= 4 is 32.1 Å². The van der Waals surface area contributed by atoms with E-state index in [2.05, 4.69) is 18.4 Å². The normalized spacial score (nSPS) is 10.9. The third-order valence-corrected chi connectivity index (χ3v) is 5.18. The Kier molecular flexibility index (Phi) is 3.16. The van der Waals surface area contributed by atoms with Gasteiger partial charge in [-0.3, -0.25) is 0 Å². The summed E-state index contributed by atoms with van der Waals surface area (Å²) in [5.74, 6) is 0.196. The molecule has 0 fully saturated rings. The Hall–Kier alpha value is -1.07. The molecule has 1 aromatic carbocycles. The van der Waals surface area contributed by atoms with Crippen molar-refractivity contribution in [2.24, 2.45) is 0 Å². The number of hydrogen-bond acceptors (Lipinski definition) is 4. The second-order valence-corrected chi connectivity index (χ2v) is 5.64. The van der Waals surface area contributed by atoms with Crippen molar-refractivity contribution in [3.8, 4) is 11.5 Å². The number of phenolic OH excluding ortho intramolecular Hbond substituents is 1. The molecule has 0 atom stereocenters. The summed E-state index contributed by atoms with van der Waals surface area (Å²) in [5, 5.41) is 21.3. The van der Waals surface area contributed by atoms with Gasteiger partial charge < -0.3 is 10.2 Å². The van der Waals surface area contributed by atoms with Crippen LogP contribution in [0.25, 0.3) is 9.40 Å². The average Bonchev–Trinajstić information content (AvgIpc) is 2.71. The number of nitrogens with zero attached hydrogens (tertiary/aromatic N) is 1. The van der Waals surface area contributed by atoms with Crippen LogP contribution in [0.1, 0.15) is 13.8 Å². The fourth-order valence-corrected chi connectivity index (χ4v) is 4.31. The molecule has 1 heterocycles. The van der Waals surface area contributed by atoms with Gasteiger partial charge in [0.25, 0.3) is 0 Å². The first kappa shape index (κ1) is 11.4. The molecule has 0 unspecified atom stereocenters. The van der Waals surface area contributed by atoms with Crippen LogP contribution in [0.5, 0.6) is 11.5 Å². The number of benzene rings is 1. The first-order valence-corrected chi connectivity index (χ1v) is 6.81. The Morgan fingerprint density at radius 3 is 2.38 bits per heavy atom. The quantitative estimate of drug-likeness (QED) is 0.828. The Bertz CT molecular complexity index is 535. The van der Waals surface area contributed by atoms with Gasteiger partial charge in [-0.1, -0.05) is 34.5 Å². The van der Waals surface area contributed by atoms with Gasteiger partial charge >= 0.3 is 3.98 Å². The van der Waals surface area contributed by atoms with Gasteiger partial charge in [0.05, 0.1) is 4.70 Å². The molecule has 1 aromatic heterocycles. The summed E-state index contributed by atoms with van der Waals surface area (Å²) >= 11 is 2.96. The van der Waals surface area contributed by atoms with Gasteiger partial charge in [0.2, 0.25) is 0 Å². The van der Waals surface area contributed by atoms with Crippen LogP contribution >= 0.6 is 22.7 Å². The van der Waals surface area contributed by atoms with E-state index in [1.807, 2.05) is 0 Å². The Morgan fingerprint density at radius 2 is 1.81 bits per heavy atom. The number of hydrogen-bond donors (Lipinski definition) is 1. The largest absolute Gasteiger partial charge is 0.871 e. The van der Waals surface area contributed by atoms with E-state index in [4.69, 9.17) is 0 Å². The van der Waals surface area contributed by atoms with Crippen LogP contribution in [0, 0.1) is 0 Å². The van der Waals surface area contributed by atoms with Crippen LogP contribution in [0.2, 0.25) is 0 Å². The SMILES string of the molecule is CC[N+](CC)=c1sc2c([O-])ccc(O)c2s1. The van der Waals surface area contributed by atoms with Crippen molar-refractivity contribution in [1.82, 2.24) is 4.58 Å². The van der Waals surface area contributed by atoms with Gasteiger partial charge in [-0.05, 0) is 19.9 Å². The van der Waals surface area contributed by atoms with Crippen molar-refractivity contribution in [3.05, 3.63) is 16.1 Å². The molecule has 0 aliphatic heterocycles. The van der Waals surface area contributed by atoms with Gasteiger partial charge in [0.1, 0.15) is 18.8 Å². The summed E-state index contributed by atoms with van der Waals surface area (Å²) in [6.45, 7) is 5.99. The summed E-state index contributed by atoms with van der Waals surface area (Å²) in [7, 11) is 0. The van der Waals surface area contributed by atoms with E-state index < -0.39 is 0 Å². The zero-order valence-corrected chi connectivity index (χ0v) is 10.8. The molecule has 0 saturated carbocycles. The molecule has 5 heteroatoms. The molecule has 0 saturated heterocycles. The third-order valence-electron chi connectivity index (χ3n) is 2.46. The highest BCUT2D eigenvalue weighted by Gasteiger charge is 2.09. The van der Waals surface area contributed by atoms with Crippen molar-refractivity contribution in [2.75, 3.05) is 13.1 Å². The van der Waals surface area contributed by atoms with Crippen molar-refractivity contribution in [1.29, 1.82) is 0 Å². The number of fused-ring (bicyclic) bond motifs is 1. The maximum Gasteiger partial charge on any atom is 0.315 e. The molecule has 0 spiro atoms. The van der Waals surface area contributed by atoms with E-state index in [1.54, 1.807) is 0 Å². The molecule has 0 amide bonds. The Balaban J connectivity index is 2.83. The molecule has 16 heavy (non-hydrogen) atoms. The van der Waals surface area contributed by atoms with E-state index in [-0.39, 0.29) is 11.5 Å². The van der Waals surface area contributed by atoms with E-state index in [0.717, 1.165) is 17.1 Å². The maximum absolute atomic E-state index is 11.6. The van der Waals surface area contributed by atoms with Crippen LogP contribution in [0.3, 0.4) is 0 Å². The summed E-state index contributed by atoms with van der Waals surface area (Å²) < 4.78 is 4.64. The highest BCUT2D eigenvalue weighted by atomic mass is 32.2. The second-order valence-electron chi connectivity index (χ2n) is 3.38. The molecule has 0 bridgehead atoms. The maximum atomic E-state index is 11.6. The van der Waals surface area contributed by atoms with Gasteiger partial charge in [0.15, 0.2) is 0 Å². The first-order valence-electron chi connectivity index (χ1n) is 5.18. The standard InChI is InChI=1S/C11H13NO2S2/c1-3-12(4-2)11-15-9-7(13)5-6-8(14)10(9)16-11/h5-6H,3-4H2,1-2H3,(H-,13,14). The van der Waals surface area contributed by atoms with E-state index in [9.17, 15) is 10.2 Å². The van der Waals surface area contributed by atoms with Crippen LogP contribution in [-0.4, -0.2) is 18.2 Å². The van der Waals surface area contributed by atoms with E-state index >= 15 is 0 Å². The predicted molar refractivity (Wildman–Crippen MR) is 67.2 cm³/mol. The minimum atomic E-state index is -0.00699. The van der Waals surface area contributed by atoms with Crippen molar-refractivity contribution in [2.45, 2.75) is 13.8 Å². The summed E-state index contributed by atoms with van der Waals surface area (Å²) in [5.41, 5.74) is 0. The summed E-state index contributed by atoms with van der Waals surface area (Å²) in [4.78, 5) is 0. The summed E-state index contributed by atoms with van der Waals surface area (Å²) in [6, 6.07) is 2.90. The lowest BCUT2D eigenvalue weighted by molar-refractivity contribution is -0.265. The second kappa shape index (κ2) is 4.43. The molecular weight excluding hydrogens is 242 g/mol. The number of rotatable bonds is 2. The number of aromatic hydroxyl groups is 1. The lowest BCUT2D eigenvalue weighted by atomic mass is 10.3. The van der Waals surface area contributed by atoms with Gasteiger partial charge in [-0.2, -0.15) is 0 Å². The predicted octanol–water partition coefficient (Wildman–Crippen LogP) is 1.55. The molecule has 0 radical (unpaired) electrons. The lowest BCUT2D eigenvalue weighted by Gasteiger charge is -2.04. The average molecular weight is 255 g/mol. The monoisotopic (exact) mass is 255 g/mol. The minimum Gasteiger partial charge on any atom is -0.871 e. The van der Waals surface area contributed by atoms with Gasteiger partial charge in [-0.25, -0.2) is 4.58 Å². The van der Waals surface area contributed by atoms with E-state index in [1.165, 1.54) is 34.8 Å². The Labute approximate surface area is 102 Å². The Morgan fingerprint density at radius 1 is 1.19 bits per heavy atom. The molecule has 2 aromatic rings. The molecule has 86 valence electrons. The van der Waals surface area contributed by atoms with E-state index in [0.29, 0.717) is 9.40 Å². The highest BCUT2D eigenvalue weighted by molar-refractivity contribution is 7.35. The zero-order valence-electron chi connectivity index (χ0n) is 9.19. The fraction of sp³-hybridized carbons (Fsp3) is 0.364. The fourth-order valence-electron chi connectivity index (χ4n) is 1.54. The molecular formula is C11H13NO2S2. The summed E-state index contributed by atoms with van der Waals surface area (Å²) in [6.07, 6.45) is 0. The van der Waals surface area contributed by atoms with Crippen LogP contribution in [0.15, 0.2) is 12.1 Å². The first-order chi connectivity index (χ1) is 7.67. The van der Waals surface area contributed by atoms with Gasteiger partial charge in [0, 0.05) is 4.70 Å². The highest BCUT2D eigenvalue weighted by Crippen LogP contribution is 2.34. The third kappa shape index (κ3) is 1.81. The minimum absolute atomic E-state index is 0.00699.